The van der Waals surface area contributed by atoms with Crippen LogP contribution in [-0.4, -0.2) is 24.6 Å². The summed E-state index contributed by atoms with van der Waals surface area (Å²) in [5, 5.41) is 10.4. The van der Waals surface area contributed by atoms with Gasteiger partial charge in [-0.15, -0.1) is 0 Å². The Balaban J connectivity index is 2.23. The molecule has 1 aromatic carbocycles. The highest BCUT2D eigenvalue weighted by Crippen LogP contribution is 2.34. The van der Waals surface area contributed by atoms with Crippen molar-refractivity contribution in [1.29, 1.82) is 0 Å². The summed E-state index contributed by atoms with van der Waals surface area (Å²) in [7, 11) is 0. The van der Waals surface area contributed by atoms with Gasteiger partial charge in [0.2, 0.25) is 11.8 Å². The van der Waals surface area contributed by atoms with Gasteiger partial charge in [-0.25, -0.2) is 9.97 Å². The van der Waals surface area contributed by atoms with Crippen LogP contribution >= 0.6 is 0 Å². The largest absolute Gasteiger partial charge is 0.493 e. The molecule has 0 aliphatic rings. The fourth-order valence-electron chi connectivity index (χ4n) is 2.54. The van der Waals surface area contributed by atoms with Gasteiger partial charge in [0.25, 0.3) is 0 Å². The fourth-order valence-corrected chi connectivity index (χ4v) is 2.54. The van der Waals surface area contributed by atoms with Crippen LogP contribution in [0.2, 0.25) is 0 Å². The van der Waals surface area contributed by atoms with Gasteiger partial charge in [-0.1, -0.05) is 32.0 Å². The Labute approximate surface area is 134 Å². The van der Waals surface area contributed by atoms with Crippen LogP contribution in [0.4, 0.5) is 0 Å². The maximum absolute atomic E-state index is 10.4. The van der Waals surface area contributed by atoms with E-state index in [0.717, 1.165) is 16.7 Å². The van der Waals surface area contributed by atoms with E-state index in [2.05, 4.69) is 15.0 Å². The van der Waals surface area contributed by atoms with Crippen molar-refractivity contribution < 1.29 is 5.11 Å². The predicted molar refractivity (Wildman–Crippen MR) is 88.2 cm³/mol. The zero-order valence-electron chi connectivity index (χ0n) is 13.1. The van der Waals surface area contributed by atoms with Crippen LogP contribution in [0.3, 0.4) is 0 Å². The first-order chi connectivity index (χ1) is 11.1. The molecule has 23 heavy (non-hydrogen) atoms. The fraction of sp³-hybridized carbons (Fsp3) is 0.235. The molecule has 3 N–H and O–H groups in total. The van der Waals surface area contributed by atoms with E-state index < -0.39 is 0 Å². The molecule has 2 heterocycles. The first kappa shape index (κ1) is 15.2. The molecular formula is C17H19N5O. The lowest BCUT2D eigenvalue weighted by Crippen LogP contribution is -2.06. The molecule has 3 aromatic rings. The average molecular weight is 309 g/mol. The predicted octanol–water partition coefficient (Wildman–Crippen LogP) is 2.62. The number of nitrogens with two attached hydrogens (primary N) is 1. The highest BCUT2D eigenvalue weighted by Gasteiger charge is 2.19. The molecule has 6 nitrogen and oxygen atoms in total. The van der Waals surface area contributed by atoms with Crippen molar-refractivity contribution in [3.05, 3.63) is 54.1 Å². The Hall–Kier alpha value is -2.73. The summed E-state index contributed by atoms with van der Waals surface area (Å²) in [6.45, 7) is 4.47. The number of hydrogen-bond donors (Lipinski definition) is 2. The summed E-state index contributed by atoms with van der Waals surface area (Å²) in [6.07, 6.45) is 4.99. The van der Waals surface area contributed by atoms with Gasteiger partial charge >= 0.3 is 0 Å². The summed E-state index contributed by atoms with van der Waals surface area (Å²) in [5.41, 5.74) is 9.10. The van der Waals surface area contributed by atoms with E-state index in [-0.39, 0.29) is 11.8 Å². The molecule has 6 heteroatoms. The van der Waals surface area contributed by atoms with E-state index in [1.807, 2.05) is 38.1 Å². The van der Waals surface area contributed by atoms with Crippen molar-refractivity contribution in [2.45, 2.75) is 26.3 Å². The second-order valence-electron chi connectivity index (χ2n) is 5.64. The van der Waals surface area contributed by atoms with Gasteiger partial charge in [0.15, 0.2) is 0 Å². The van der Waals surface area contributed by atoms with Crippen molar-refractivity contribution >= 4 is 0 Å². The third kappa shape index (κ3) is 2.93. The first-order valence-corrected chi connectivity index (χ1v) is 7.48. The zero-order valence-corrected chi connectivity index (χ0v) is 13.1. The normalized spacial score (nSPS) is 11.1. The van der Waals surface area contributed by atoms with Gasteiger partial charge in [-0.3, -0.25) is 4.57 Å². The molecule has 3 rings (SSSR count). The maximum atomic E-state index is 10.4. The lowest BCUT2D eigenvalue weighted by atomic mass is 9.97. The highest BCUT2D eigenvalue weighted by molar-refractivity contribution is 5.67. The number of imidazole rings is 1. The number of aromatic hydroxyl groups is 1. The van der Waals surface area contributed by atoms with E-state index in [1.54, 1.807) is 23.3 Å². The molecule has 0 aliphatic heterocycles. The molecule has 0 aliphatic carbocycles. The summed E-state index contributed by atoms with van der Waals surface area (Å²) >= 11 is 0. The van der Waals surface area contributed by atoms with Crippen molar-refractivity contribution in [3.8, 4) is 23.1 Å². The minimum atomic E-state index is -0.00754. The Morgan fingerprint density at radius 1 is 1.26 bits per heavy atom. The quantitative estimate of drug-likeness (QED) is 0.773. The second-order valence-corrected chi connectivity index (χ2v) is 5.64. The molecular weight excluding hydrogens is 290 g/mol. The van der Waals surface area contributed by atoms with Gasteiger partial charge < -0.3 is 10.8 Å². The molecule has 118 valence electrons. The Bertz CT molecular complexity index is 812. The molecule has 0 amide bonds. The number of rotatable bonds is 4. The van der Waals surface area contributed by atoms with Crippen LogP contribution in [0.25, 0.3) is 17.2 Å². The lowest BCUT2D eigenvalue weighted by molar-refractivity contribution is 0.440. The molecule has 0 fully saturated rings. The van der Waals surface area contributed by atoms with Gasteiger partial charge in [0.1, 0.15) is 6.33 Å². The van der Waals surface area contributed by atoms with Crippen LogP contribution in [-0.2, 0) is 6.54 Å². The van der Waals surface area contributed by atoms with Crippen LogP contribution < -0.4 is 5.73 Å². The minimum Gasteiger partial charge on any atom is -0.493 e. The van der Waals surface area contributed by atoms with Gasteiger partial charge in [0.05, 0.1) is 5.69 Å². The molecule has 0 radical (unpaired) electrons. The van der Waals surface area contributed by atoms with Crippen LogP contribution in [0, 0.1) is 0 Å². The summed E-state index contributed by atoms with van der Waals surface area (Å²) in [4.78, 5) is 12.9. The van der Waals surface area contributed by atoms with Gasteiger partial charge in [-0.05, 0) is 17.5 Å². The summed E-state index contributed by atoms with van der Waals surface area (Å²) in [6, 6.07) is 7.86. The van der Waals surface area contributed by atoms with E-state index in [9.17, 15) is 5.11 Å². The lowest BCUT2D eigenvalue weighted by Gasteiger charge is -2.15. The van der Waals surface area contributed by atoms with Crippen molar-refractivity contribution in [2.24, 2.45) is 5.73 Å². The number of nitrogens with zero attached hydrogens (tertiary/aromatic N) is 4. The Kier molecular flexibility index (Phi) is 4.08. The van der Waals surface area contributed by atoms with E-state index in [0.29, 0.717) is 18.2 Å². The van der Waals surface area contributed by atoms with Crippen LogP contribution in [0.5, 0.6) is 5.88 Å². The van der Waals surface area contributed by atoms with E-state index in [4.69, 9.17) is 5.73 Å². The molecule has 0 saturated carbocycles. The van der Waals surface area contributed by atoms with E-state index >= 15 is 0 Å². The maximum Gasteiger partial charge on any atom is 0.238 e. The Morgan fingerprint density at radius 3 is 2.74 bits per heavy atom. The molecule has 0 spiro atoms. The summed E-state index contributed by atoms with van der Waals surface area (Å²) in [5.74, 6) is 0.466. The average Bonchev–Trinajstić information content (AvgIpc) is 3.08. The highest BCUT2D eigenvalue weighted by atomic mass is 16.3. The van der Waals surface area contributed by atoms with Crippen molar-refractivity contribution in [2.75, 3.05) is 0 Å². The van der Waals surface area contributed by atoms with E-state index in [1.165, 1.54) is 0 Å². The third-order valence-electron chi connectivity index (χ3n) is 3.66. The van der Waals surface area contributed by atoms with Gasteiger partial charge in [-0.2, -0.15) is 4.98 Å². The number of benzene rings is 1. The summed E-state index contributed by atoms with van der Waals surface area (Å²) < 4.78 is 1.67. The molecule has 2 aromatic heterocycles. The minimum absolute atomic E-state index is 0.00754. The monoisotopic (exact) mass is 309 g/mol. The third-order valence-corrected chi connectivity index (χ3v) is 3.66. The van der Waals surface area contributed by atoms with Crippen molar-refractivity contribution in [3.63, 3.8) is 0 Å². The molecule has 0 atom stereocenters. The molecule has 0 unspecified atom stereocenters. The topological polar surface area (TPSA) is 89.9 Å². The number of aromatic nitrogens is 4. The standard InChI is InChI=1S/C17H19N5O/c1-11(2)14-15(13-5-3-4-12(8-13)9-18)20-17(21-16(14)23)22-7-6-19-10-22/h3-8,10-11H,9,18H2,1-2H3,(H,20,21,23). The smallest absolute Gasteiger partial charge is 0.238 e. The van der Waals surface area contributed by atoms with Crippen LogP contribution in [0.15, 0.2) is 43.0 Å². The Morgan fingerprint density at radius 2 is 2.09 bits per heavy atom. The number of hydrogen-bond acceptors (Lipinski definition) is 5. The first-order valence-electron chi connectivity index (χ1n) is 7.48. The SMILES string of the molecule is CC(C)c1c(O)nc(-n2ccnc2)nc1-c1cccc(CN)c1. The second kappa shape index (κ2) is 6.18. The molecule has 0 saturated heterocycles. The van der Waals surface area contributed by atoms with Gasteiger partial charge in [0, 0.05) is 30.1 Å². The van der Waals surface area contributed by atoms with Crippen LogP contribution in [0.1, 0.15) is 30.9 Å². The van der Waals surface area contributed by atoms with Crippen molar-refractivity contribution in [1.82, 2.24) is 19.5 Å². The molecule has 0 bridgehead atoms. The zero-order chi connectivity index (χ0) is 16.4.